The Bertz CT molecular complexity index is 254. The average Bonchev–Trinajstić information content (AvgIpc) is 2.74. The number of amides is 1. The Morgan fingerprint density at radius 1 is 1.59 bits per heavy atom. The van der Waals surface area contributed by atoms with E-state index in [-0.39, 0.29) is 30.4 Å². The molecule has 0 N–H and O–H groups in total. The molecule has 0 radical (unpaired) electrons. The first kappa shape index (κ1) is 14.6. The highest BCUT2D eigenvalue weighted by molar-refractivity contribution is 6.18. The van der Waals surface area contributed by atoms with E-state index < -0.39 is 13.0 Å². The standard InChI is InChI=1S/C11H18ClF2NO2/c1-2-9-8(3-6-17-9)11(16)15(5-4-12)7-10(13)14/h8-10H,2-7H2,1H3. The highest BCUT2D eigenvalue weighted by atomic mass is 35.5. The molecule has 1 saturated heterocycles. The minimum Gasteiger partial charge on any atom is -0.377 e. The van der Waals surface area contributed by atoms with Crippen molar-refractivity contribution in [2.45, 2.75) is 32.3 Å². The summed E-state index contributed by atoms with van der Waals surface area (Å²) in [7, 11) is 0. The summed E-state index contributed by atoms with van der Waals surface area (Å²) in [6.07, 6.45) is -1.33. The van der Waals surface area contributed by atoms with Crippen molar-refractivity contribution in [2.24, 2.45) is 5.92 Å². The molecule has 0 aromatic carbocycles. The van der Waals surface area contributed by atoms with Crippen LogP contribution in [0.1, 0.15) is 19.8 Å². The summed E-state index contributed by atoms with van der Waals surface area (Å²) in [5.74, 6) is -0.375. The molecule has 0 aromatic heterocycles. The third-order valence-corrected chi connectivity index (χ3v) is 3.12. The van der Waals surface area contributed by atoms with Crippen molar-refractivity contribution in [2.75, 3.05) is 25.6 Å². The van der Waals surface area contributed by atoms with E-state index in [0.29, 0.717) is 13.0 Å². The van der Waals surface area contributed by atoms with E-state index in [2.05, 4.69) is 0 Å². The lowest BCUT2D eigenvalue weighted by Crippen LogP contribution is -2.42. The number of halogens is 3. The van der Waals surface area contributed by atoms with Crippen LogP contribution in [0.15, 0.2) is 0 Å². The lowest BCUT2D eigenvalue weighted by molar-refractivity contribution is -0.139. The summed E-state index contributed by atoms with van der Waals surface area (Å²) in [4.78, 5) is 13.2. The summed E-state index contributed by atoms with van der Waals surface area (Å²) in [6.45, 7) is 2.07. The van der Waals surface area contributed by atoms with E-state index in [9.17, 15) is 13.6 Å². The summed E-state index contributed by atoms with van der Waals surface area (Å²) >= 11 is 5.53. The van der Waals surface area contributed by atoms with Gasteiger partial charge in [-0.3, -0.25) is 4.79 Å². The average molecular weight is 270 g/mol. The molecule has 1 rings (SSSR count). The second-order valence-corrected chi connectivity index (χ2v) is 4.45. The van der Waals surface area contributed by atoms with Crippen molar-refractivity contribution in [3.63, 3.8) is 0 Å². The van der Waals surface area contributed by atoms with Crippen LogP contribution in [0.2, 0.25) is 0 Å². The Labute approximate surface area is 105 Å². The molecule has 2 unspecified atom stereocenters. The number of hydrogen-bond donors (Lipinski definition) is 0. The summed E-state index contributed by atoms with van der Waals surface area (Å²) in [5, 5.41) is 0. The third kappa shape index (κ3) is 4.07. The van der Waals surface area contributed by atoms with Gasteiger partial charge in [-0.2, -0.15) is 0 Å². The predicted molar refractivity (Wildman–Crippen MR) is 61.4 cm³/mol. The van der Waals surface area contributed by atoms with Crippen molar-refractivity contribution in [1.82, 2.24) is 4.90 Å². The summed E-state index contributed by atoms with van der Waals surface area (Å²) < 4.78 is 30.1. The van der Waals surface area contributed by atoms with Gasteiger partial charge in [0.2, 0.25) is 5.91 Å². The van der Waals surface area contributed by atoms with E-state index >= 15 is 0 Å². The fourth-order valence-corrected chi connectivity index (χ4v) is 2.33. The fraction of sp³-hybridized carbons (Fsp3) is 0.909. The van der Waals surface area contributed by atoms with E-state index in [0.717, 1.165) is 11.3 Å². The Balaban J connectivity index is 2.62. The van der Waals surface area contributed by atoms with Crippen molar-refractivity contribution in [3.05, 3.63) is 0 Å². The van der Waals surface area contributed by atoms with Gasteiger partial charge in [0.15, 0.2) is 0 Å². The molecule has 100 valence electrons. The molecule has 1 amide bonds. The van der Waals surface area contributed by atoms with Crippen LogP contribution < -0.4 is 0 Å². The first-order valence-corrected chi connectivity index (χ1v) is 6.38. The topological polar surface area (TPSA) is 29.5 Å². The van der Waals surface area contributed by atoms with E-state index in [1.54, 1.807) is 0 Å². The lowest BCUT2D eigenvalue weighted by Gasteiger charge is -2.26. The number of carbonyl (C=O) groups is 1. The molecular weight excluding hydrogens is 252 g/mol. The molecular formula is C11H18ClF2NO2. The molecule has 6 heteroatoms. The SMILES string of the molecule is CCC1OCCC1C(=O)N(CCCl)CC(F)F. The number of hydrogen-bond acceptors (Lipinski definition) is 2. The van der Waals surface area contributed by atoms with Gasteiger partial charge in [-0.05, 0) is 12.8 Å². The van der Waals surface area contributed by atoms with Gasteiger partial charge < -0.3 is 9.64 Å². The number of rotatable bonds is 6. The first-order valence-electron chi connectivity index (χ1n) is 5.84. The molecule has 0 aromatic rings. The van der Waals surface area contributed by atoms with Crippen molar-refractivity contribution < 1.29 is 18.3 Å². The van der Waals surface area contributed by atoms with E-state index in [1.165, 1.54) is 0 Å². The second-order valence-electron chi connectivity index (χ2n) is 4.08. The predicted octanol–water partition coefficient (Wildman–Crippen LogP) is 2.13. The van der Waals surface area contributed by atoms with Crippen LogP contribution in [0.4, 0.5) is 8.78 Å². The largest absolute Gasteiger partial charge is 0.377 e. The molecule has 3 nitrogen and oxygen atoms in total. The minimum atomic E-state index is -2.52. The second kappa shape index (κ2) is 7.11. The molecule has 1 aliphatic rings. The zero-order valence-corrected chi connectivity index (χ0v) is 10.6. The minimum absolute atomic E-state index is 0.141. The maximum Gasteiger partial charge on any atom is 0.255 e. The van der Waals surface area contributed by atoms with Gasteiger partial charge in [-0.1, -0.05) is 6.92 Å². The fourth-order valence-electron chi connectivity index (χ4n) is 2.13. The Morgan fingerprint density at radius 3 is 2.82 bits per heavy atom. The number of nitrogens with zero attached hydrogens (tertiary/aromatic N) is 1. The molecule has 0 spiro atoms. The van der Waals surface area contributed by atoms with Crippen LogP contribution in [-0.2, 0) is 9.53 Å². The van der Waals surface area contributed by atoms with Crippen molar-refractivity contribution in [3.8, 4) is 0 Å². The first-order chi connectivity index (χ1) is 8.10. The van der Waals surface area contributed by atoms with Crippen molar-refractivity contribution >= 4 is 17.5 Å². The highest BCUT2D eigenvalue weighted by Gasteiger charge is 2.35. The maximum absolute atomic E-state index is 12.4. The van der Waals surface area contributed by atoms with Crippen molar-refractivity contribution in [1.29, 1.82) is 0 Å². The van der Waals surface area contributed by atoms with Gasteiger partial charge >= 0.3 is 0 Å². The number of carbonyl (C=O) groups excluding carboxylic acids is 1. The zero-order valence-electron chi connectivity index (χ0n) is 9.87. The molecule has 0 saturated carbocycles. The normalized spacial score (nSPS) is 24.3. The maximum atomic E-state index is 12.4. The van der Waals surface area contributed by atoms with Gasteiger partial charge in [0.25, 0.3) is 6.43 Å². The zero-order chi connectivity index (χ0) is 12.8. The van der Waals surface area contributed by atoms with Gasteiger partial charge in [-0.25, -0.2) is 8.78 Å². The van der Waals surface area contributed by atoms with Gasteiger partial charge in [0, 0.05) is 19.0 Å². The van der Waals surface area contributed by atoms with Crippen LogP contribution in [0.25, 0.3) is 0 Å². The van der Waals surface area contributed by atoms with Crippen LogP contribution in [-0.4, -0.2) is 48.9 Å². The highest BCUT2D eigenvalue weighted by Crippen LogP contribution is 2.25. The van der Waals surface area contributed by atoms with Gasteiger partial charge in [0.1, 0.15) is 0 Å². The van der Waals surface area contributed by atoms with Crippen LogP contribution >= 0.6 is 11.6 Å². The molecule has 1 heterocycles. The molecule has 2 atom stereocenters. The monoisotopic (exact) mass is 269 g/mol. The van der Waals surface area contributed by atoms with Gasteiger partial charge in [0.05, 0.1) is 18.6 Å². The number of alkyl halides is 3. The quantitative estimate of drug-likeness (QED) is 0.692. The molecule has 0 aliphatic carbocycles. The molecule has 0 bridgehead atoms. The summed E-state index contributed by atoms with van der Waals surface area (Å²) in [5.41, 5.74) is 0. The number of ether oxygens (including phenoxy) is 1. The Morgan fingerprint density at radius 2 is 2.29 bits per heavy atom. The Hall–Kier alpha value is -0.420. The van der Waals surface area contributed by atoms with Crippen LogP contribution in [0.5, 0.6) is 0 Å². The Kier molecular flexibility index (Phi) is 6.12. The van der Waals surface area contributed by atoms with E-state index in [1.807, 2.05) is 6.92 Å². The smallest absolute Gasteiger partial charge is 0.255 e. The molecule has 1 fully saturated rings. The van der Waals surface area contributed by atoms with Gasteiger partial charge in [-0.15, -0.1) is 11.6 Å². The molecule has 1 aliphatic heterocycles. The van der Waals surface area contributed by atoms with Crippen LogP contribution in [0.3, 0.4) is 0 Å². The van der Waals surface area contributed by atoms with Crippen LogP contribution in [0, 0.1) is 5.92 Å². The summed E-state index contributed by atoms with van der Waals surface area (Å²) in [6, 6.07) is 0. The third-order valence-electron chi connectivity index (χ3n) is 2.95. The molecule has 17 heavy (non-hydrogen) atoms. The van der Waals surface area contributed by atoms with E-state index in [4.69, 9.17) is 16.3 Å². The lowest BCUT2D eigenvalue weighted by atomic mass is 9.98.